The summed E-state index contributed by atoms with van der Waals surface area (Å²) in [4.78, 5) is 2.35. The molecule has 1 aromatic heterocycles. The molecule has 0 unspecified atom stereocenters. The average molecular weight is 339 g/mol. The van der Waals surface area contributed by atoms with Crippen molar-refractivity contribution < 1.29 is 8.78 Å². The number of nitrogens with one attached hydrogen (secondary N) is 1. The predicted octanol–water partition coefficient (Wildman–Crippen LogP) is 4.69. The molecular formula is C20H19F2N3. The summed E-state index contributed by atoms with van der Waals surface area (Å²) in [7, 11) is 0. The molecule has 0 saturated carbocycles. The molecule has 128 valence electrons. The van der Waals surface area contributed by atoms with Gasteiger partial charge in [0.1, 0.15) is 11.6 Å². The Morgan fingerprint density at radius 3 is 2.72 bits per heavy atom. The van der Waals surface area contributed by atoms with E-state index >= 15 is 0 Å². The van der Waals surface area contributed by atoms with E-state index in [1.807, 2.05) is 12.3 Å². The van der Waals surface area contributed by atoms with E-state index < -0.39 is 0 Å². The number of nitrogens with zero attached hydrogens (tertiary/aromatic N) is 2. The van der Waals surface area contributed by atoms with Crippen molar-refractivity contribution in [3.63, 3.8) is 0 Å². The van der Waals surface area contributed by atoms with Crippen LogP contribution in [-0.4, -0.2) is 21.6 Å². The summed E-state index contributed by atoms with van der Waals surface area (Å²) in [5.74, 6) is -0.449. The van der Waals surface area contributed by atoms with E-state index in [2.05, 4.69) is 15.1 Å². The van der Waals surface area contributed by atoms with Gasteiger partial charge < -0.3 is 0 Å². The first-order valence-corrected chi connectivity index (χ1v) is 8.48. The lowest BCUT2D eigenvalue weighted by molar-refractivity contribution is 0.248. The van der Waals surface area contributed by atoms with E-state index in [9.17, 15) is 8.78 Å². The first-order chi connectivity index (χ1) is 12.2. The molecule has 1 N–H and O–H groups in total. The number of hydrogen-bond donors (Lipinski definition) is 1. The second-order valence-electron chi connectivity index (χ2n) is 6.46. The quantitative estimate of drug-likeness (QED) is 0.748. The van der Waals surface area contributed by atoms with Crippen molar-refractivity contribution in [3.05, 3.63) is 77.5 Å². The topological polar surface area (TPSA) is 31.9 Å². The van der Waals surface area contributed by atoms with Crippen molar-refractivity contribution in [3.8, 4) is 11.3 Å². The summed E-state index contributed by atoms with van der Waals surface area (Å²) in [6.07, 6.45) is 3.93. The van der Waals surface area contributed by atoms with Gasteiger partial charge in [0.25, 0.3) is 0 Å². The maximum Gasteiger partial charge on any atom is 0.123 e. The Balaban J connectivity index is 1.58. The number of rotatable bonds is 4. The highest BCUT2D eigenvalue weighted by Gasteiger charge is 2.27. The van der Waals surface area contributed by atoms with E-state index in [4.69, 9.17) is 0 Å². The van der Waals surface area contributed by atoms with Crippen LogP contribution in [0.2, 0.25) is 0 Å². The summed E-state index contributed by atoms with van der Waals surface area (Å²) in [5, 5.41) is 7.19. The Labute approximate surface area is 145 Å². The zero-order chi connectivity index (χ0) is 17.2. The zero-order valence-corrected chi connectivity index (χ0v) is 13.8. The summed E-state index contributed by atoms with van der Waals surface area (Å²) in [6.45, 7) is 1.69. The van der Waals surface area contributed by atoms with Gasteiger partial charge in [-0.3, -0.25) is 10.00 Å². The second-order valence-corrected chi connectivity index (χ2v) is 6.46. The molecule has 0 spiro atoms. The monoisotopic (exact) mass is 339 g/mol. The van der Waals surface area contributed by atoms with Crippen molar-refractivity contribution in [1.82, 2.24) is 15.1 Å². The minimum atomic E-state index is -0.254. The van der Waals surface area contributed by atoms with Crippen molar-refractivity contribution in [2.45, 2.75) is 25.4 Å². The number of aromatic nitrogens is 2. The van der Waals surface area contributed by atoms with Crippen LogP contribution in [0.3, 0.4) is 0 Å². The number of halogens is 2. The maximum absolute atomic E-state index is 13.6. The van der Waals surface area contributed by atoms with Crippen molar-refractivity contribution >= 4 is 0 Å². The summed E-state index contributed by atoms with van der Waals surface area (Å²) >= 11 is 0. The van der Waals surface area contributed by atoms with Gasteiger partial charge in [0.2, 0.25) is 0 Å². The van der Waals surface area contributed by atoms with E-state index in [0.29, 0.717) is 0 Å². The number of hydrogen-bond acceptors (Lipinski definition) is 2. The van der Waals surface area contributed by atoms with Crippen LogP contribution in [0.5, 0.6) is 0 Å². The van der Waals surface area contributed by atoms with Crippen molar-refractivity contribution in [2.75, 3.05) is 6.54 Å². The molecule has 4 rings (SSSR count). The Hall–Kier alpha value is -2.53. The smallest absolute Gasteiger partial charge is 0.123 e. The van der Waals surface area contributed by atoms with Crippen LogP contribution < -0.4 is 0 Å². The fourth-order valence-electron chi connectivity index (χ4n) is 3.62. The minimum Gasteiger partial charge on any atom is -0.292 e. The van der Waals surface area contributed by atoms with Crippen LogP contribution in [0.4, 0.5) is 8.78 Å². The molecular weight excluding hydrogens is 320 g/mol. The van der Waals surface area contributed by atoms with Crippen molar-refractivity contribution in [2.24, 2.45) is 0 Å². The molecule has 0 amide bonds. The van der Waals surface area contributed by atoms with Gasteiger partial charge >= 0.3 is 0 Å². The van der Waals surface area contributed by atoms with E-state index in [1.54, 1.807) is 24.3 Å². The highest BCUT2D eigenvalue weighted by Crippen LogP contribution is 2.34. The predicted molar refractivity (Wildman–Crippen MR) is 92.8 cm³/mol. The molecule has 3 aromatic rings. The third kappa shape index (κ3) is 3.33. The van der Waals surface area contributed by atoms with E-state index in [0.717, 1.165) is 48.3 Å². The number of aromatic amines is 1. The minimum absolute atomic E-state index is 0.195. The Morgan fingerprint density at radius 1 is 1.08 bits per heavy atom. The van der Waals surface area contributed by atoms with Gasteiger partial charge in [-0.25, -0.2) is 8.78 Å². The van der Waals surface area contributed by atoms with Gasteiger partial charge in [0.15, 0.2) is 0 Å². The van der Waals surface area contributed by atoms with Crippen LogP contribution in [0.15, 0.2) is 54.7 Å². The number of likely N-dealkylation sites (tertiary alicyclic amines) is 1. The standard InChI is InChI=1S/C20H19F2N3/c21-17-8-6-14(7-9-17)20-16(12-23-24-20)13-25-10-2-5-19(25)15-3-1-4-18(22)11-15/h1,3-4,6-9,11-12,19H,2,5,10,13H2,(H,23,24)/t19-/m1/s1. The molecule has 0 aliphatic carbocycles. The third-order valence-corrected chi connectivity index (χ3v) is 4.82. The molecule has 0 bridgehead atoms. The molecule has 2 aromatic carbocycles. The molecule has 2 heterocycles. The summed E-state index contributed by atoms with van der Waals surface area (Å²) < 4.78 is 26.7. The summed E-state index contributed by atoms with van der Waals surface area (Å²) in [5.41, 5.74) is 3.90. The van der Waals surface area contributed by atoms with Crippen LogP contribution in [0, 0.1) is 11.6 Å². The van der Waals surface area contributed by atoms with Gasteiger partial charge in [0.05, 0.1) is 11.9 Å². The van der Waals surface area contributed by atoms with Crippen LogP contribution >= 0.6 is 0 Å². The molecule has 0 radical (unpaired) electrons. The van der Waals surface area contributed by atoms with Crippen LogP contribution in [0.1, 0.15) is 30.0 Å². The molecule has 3 nitrogen and oxygen atoms in total. The molecule has 5 heteroatoms. The molecule has 1 atom stereocenters. The lowest BCUT2D eigenvalue weighted by atomic mass is 10.0. The van der Waals surface area contributed by atoms with E-state index in [-0.39, 0.29) is 17.7 Å². The average Bonchev–Trinajstić information content (AvgIpc) is 3.26. The molecule has 25 heavy (non-hydrogen) atoms. The molecule has 1 fully saturated rings. The summed E-state index contributed by atoms with van der Waals surface area (Å²) in [6, 6.07) is 13.5. The molecule has 1 saturated heterocycles. The Morgan fingerprint density at radius 2 is 1.92 bits per heavy atom. The normalized spacial score (nSPS) is 17.9. The second kappa shape index (κ2) is 6.76. The van der Waals surface area contributed by atoms with Gasteiger partial charge in [0, 0.05) is 23.7 Å². The Bertz CT molecular complexity index is 857. The molecule has 1 aliphatic heterocycles. The third-order valence-electron chi connectivity index (χ3n) is 4.82. The lowest BCUT2D eigenvalue weighted by Gasteiger charge is -2.25. The van der Waals surface area contributed by atoms with Crippen LogP contribution in [0.25, 0.3) is 11.3 Å². The van der Waals surface area contributed by atoms with Gasteiger partial charge in [-0.2, -0.15) is 5.10 Å². The number of H-pyrrole nitrogens is 1. The SMILES string of the molecule is Fc1ccc(-c2[nH]ncc2CN2CCC[C@@H]2c2cccc(F)c2)cc1. The first kappa shape index (κ1) is 16.0. The zero-order valence-electron chi connectivity index (χ0n) is 13.8. The van der Waals surface area contributed by atoms with E-state index in [1.165, 1.54) is 18.2 Å². The fraction of sp³-hybridized carbons (Fsp3) is 0.250. The maximum atomic E-state index is 13.6. The molecule has 1 aliphatic rings. The lowest BCUT2D eigenvalue weighted by Crippen LogP contribution is -2.23. The van der Waals surface area contributed by atoms with Gasteiger partial charge in [-0.15, -0.1) is 0 Å². The highest BCUT2D eigenvalue weighted by molar-refractivity contribution is 5.62. The van der Waals surface area contributed by atoms with Crippen molar-refractivity contribution in [1.29, 1.82) is 0 Å². The number of benzene rings is 2. The Kier molecular flexibility index (Phi) is 4.32. The largest absolute Gasteiger partial charge is 0.292 e. The first-order valence-electron chi connectivity index (χ1n) is 8.48. The highest BCUT2D eigenvalue weighted by atomic mass is 19.1. The van der Waals surface area contributed by atoms with Gasteiger partial charge in [-0.1, -0.05) is 12.1 Å². The fourth-order valence-corrected chi connectivity index (χ4v) is 3.62. The van der Waals surface area contributed by atoms with Crippen LogP contribution in [-0.2, 0) is 6.54 Å². The van der Waals surface area contributed by atoms with Gasteiger partial charge in [-0.05, 0) is 61.3 Å².